The van der Waals surface area contributed by atoms with Gasteiger partial charge in [-0.1, -0.05) is 20.8 Å². The monoisotopic (exact) mass is 215 g/mol. The number of carboxylic acids is 1. The van der Waals surface area contributed by atoms with E-state index < -0.39 is 5.97 Å². The highest BCUT2D eigenvalue weighted by Gasteiger charge is 2.26. The molecule has 0 saturated heterocycles. The van der Waals surface area contributed by atoms with Crippen molar-refractivity contribution in [3.8, 4) is 0 Å². The lowest BCUT2D eigenvalue weighted by molar-refractivity contribution is -0.141. The molecule has 0 aliphatic heterocycles. The van der Waals surface area contributed by atoms with Crippen LogP contribution in [-0.2, 0) is 9.59 Å². The van der Waals surface area contributed by atoms with Crippen LogP contribution in [0.4, 0.5) is 0 Å². The maximum absolute atomic E-state index is 11.6. The molecule has 1 N–H and O–H groups in total. The molecule has 0 aromatic rings. The standard InChI is InChI=1S/C11H21NO3/c1-8(11(2,3)4)12(5)9(13)6-7-10(14)15/h8H,6-7H2,1-5H3,(H,14,15). The molecule has 4 nitrogen and oxygen atoms in total. The Morgan fingerprint density at radius 2 is 1.73 bits per heavy atom. The minimum Gasteiger partial charge on any atom is -0.481 e. The van der Waals surface area contributed by atoms with Crippen LogP contribution in [0.25, 0.3) is 0 Å². The van der Waals surface area contributed by atoms with Crippen LogP contribution in [0, 0.1) is 5.41 Å². The number of rotatable bonds is 4. The van der Waals surface area contributed by atoms with Gasteiger partial charge in [-0.3, -0.25) is 9.59 Å². The van der Waals surface area contributed by atoms with Gasteiger partial charge < -0.3 is 10.0 Å². The van der Waals surface area contributed by atoms with E-state index in [1.807, 2.05) is 6.92 Å². The summed E-state index contributed by atoms with van der Waals surface area (Å²) < 4.78 is 0. The molecule has 0 aromatic carbocycles. The van der Waals surface area contributed by atoms with Gasteiger partial charge in [0, 0.05) is 19.5 Å². The Kier molecular flexibility index (Phi) is 4.78. The number of aliphatic carboxylic acids is 1. The van der Waals surface area contributed by atoms with Crippen molar-refractivity contribution in [3.05, 3.63) is 0 Å². The molecule has 0 aliphatic carbocycles. The molecule has 0 heterocycles. The van der Waals surface area contributed by atoms with Crippen molar-refractivity contribution in [2.75, 3.05) is 7.05 Å². The van der Waals surface area contributed by atoms with Gasteiger partial charge in [0.25, 0.3) is 0 Å². The molecule has 0 radical (unpaired) electrons. The fraction of sp³-hybridized carbons (Fsp3) is 0.818. The number of nitrogens with zero attached hydrogens (tertiary/aromatic N) is 1. The lowest BCUT2D eigenvalue weighted by Crippen LogP contribution is -2.43. The summed E-state index contributed by atoms with van der Waals surface area (Å²) >= 11 is 0. The van der Waals surface area contributed by atoms with Gasteiger partial charge in [-0.15, -0.1) is 0 Å². The Hall–Kier alpha value is -1.06. The minimum absolute atomic E-state index is 0.00757. The van der Waals surface area contributed by atoms with Crippen molar-refractivity contribution >= 4 is 11.9 Å². The molecule has 0 saturated carbocycles. The Morgan fingerprint density at radius 1 is 1.27 bits per heavy atom. The van der Waals surface area contributed by atoms with Crippen LogP contribution >= 0.6 is 0 Å². The smallest absolute Gasteiger partial charge is 0.303 e. The van der Waals surface area contributed by atoms with Crippen LogP contribution in [0.2, 0.25) is 0 Å². The molecule has 1 atom stereocenters. The summed E-state index contributed by atoms with van der Waals surface area (Å²) in [6.45, 7) is 8.13. The van der Waals surface area contributed by atoms with Gasteiger partial charge in [-0.05, 0) is 12.3 Å². The summed E-state index contributed by atoms with van der Waals surface area (Å²) in [7, 11) is 1.72. The van der Waals surface area contributed by atoms with E-state index in [-0.39, 0.29) is 30.2 Å². The fourth-order valence-corrected chi connectivity index (χ4v) is 1.19. The molecular formula is C11H21NO3. The molecule has 1 unspecified atom stereocenters. The molecule has 88 valence electrons. The lowest BCUT2D eigenvalue weighted by atomic mass is 9.87. The van der Waals surface area contributed by atoms with Crippen LogP contribution in [0.3, 0.4) is 0 Å². The average molecular weight is 215 g/mol. The Bertz CT molecular complexity index is 243. The third-order valence-electron chi connectivity index (χ3n) is 2.78. The van der Waals surface area contributed by atoms with E-state index in [0.717, 1.165) is 0 Å². The number of hydrogen-bond acceptors (Lipinski definition) is 2. The van der Waals surface area contributed by atoms with E-state index in [1.54, 1.807) is 11.9 Å². The van der Waals surface area contributed by atoms with Gasteiger partial charge in [-0.25, -0.2) is 0 Å². The maximum atomic E-state index is 11.6. The zero-order chi connectivity index (χ0) is 12.2. The first-order valence-corrected chi connectivity index (χ1v) is 5.13. The molecule has 0 aromatic heterocycles. The molecular weight excluding hydrogens is 194 g/mol. The minimum atomic E-state index is -0.930. The largest absolute Gasteiger partial charge is 0.481 e. The highest BCUT2D eigenvalue weighted by Crippen LogP contribution is 2.23. The number of carbonyl (C=O) groups is 2. The average Bonchev–Trinajstić information content (AvgIpc) is 2.10. The summed E-state index contributed by atoms with van der Waals surface area (Å²) in [6, 6.07) is 0.0961. The summed E-state index contributed by atoms with van der Waals surface area (Å²) in [5, 5.41) is 8.47. The fourth-order valence-electron chi connectivity index (χ4n) is 1.19. The Labute approximate surface area is 91.3 Å². The lowest BCUT2D eigenvalue weighted by Gasteiger charge is -2.35. The van der Waals surface area contributed by atoms with Crippen LogP contribution in [0.15, 0.2) is 0 Å². The second kappa shape index (κ2) is 5.14. The van der Waals surface area contributed by atoms with Crippen molar-refractivity contribution in [2.45, 2.75) is 46.6 Å². The molecule has 0 rings (SSSR count). The highest BCUT2D eigenvalue weighted by molar-refractivity contribution is 5.80. The van der Waals surface area contributed by atoms with Crippen LogP contribution < -0.4 is 0 Å². The zero-order valence-electron chi connectivity index (χ0n) is 10.2. The molecule has 15 heavy (non-hydrogen) atoms. The third kappa shape index (κ3) is 4.81. The van der Waals surface area contributed by atoms with Gasteiger partial charge in [-0.2, -0.15) is 0 Å². The van der Waals surface area contributed by atoms with E-state index in [1.165, 1.54) is 0 Å². The van der Waals surface area contributed by atoms with Crippen molar-refractivity contribution in [1.29, 1.82) is 0 Å². The Balaban J connectivity index is 4.26. The van der Waals surface area contributed by atoms with Crippen molar-refractivity contribution < 1.29 is 14.7 Å². The van der Waals surface area contributed by atoms with E-state index in [4.69, 9.17) is 5.11 Å². The summed E-state index contributed by atoms with van der Waals surface area (Å²) in [5.74, 6) is -1.04. The number of carboxylic acid groups (broad SMARTS) is 1. The first kappa shape index (κ1) is 13.9. The topological polar surface area (TPSA) is 57.6 Å². The van der Waals surface area contributed by atoms with E-state index in [9.17, 15) is 9.59 Å². The molecule has 1 amide bonds. The Morgan fingerprint density at radius 3 is 2.07 bits per heavy atom. The number of carbonyl (C=O) groups excluding carboxylic acids is 1. The second-order valence-electron chi connectivity index (χ2n) is 4.94. The molecule has 0 spiro atoms. The van der Waals surface area contributed by atoms with Gasteiger partial charge in [0.2, 0.25) is 5.91 Å². The summed E-state index contributed by atoms with van der Waals surface area (Å²) in [6.07, 6.45) is -0.0215. The van der Waals surface area contributed by atoms with Crippen molar-refractivity contribution in [1.82, 2.24) is 4.90 Å². The zero-order valence-corrected chi connectivity index (χ0v) is 10.2. The number of hydrogen-bond donors (Lipinski definition) is 1. The second-order valence-corrected chi connectivity index (χ2v) is 4.94. The normalized spacial score (nSPS) is 13.4. The van der Waals surface area contributed by atoms with Crippen LogP contribution in [0.1, 0.15) is 40.5 Å². The molecule has 0 aliphatic rings. The first-order chi connectivity index (χ1) is 6.66. The van der Waals surface area contributed by atoms with Crippen molar-refractivity contribution in [3.63, 3.8) is 0 Å². The maximum Gasteiger partial charge on any atom is 0.303 e. The van der Waals surface area contributed by atoms with Crippen LogP contribution in [-0.4, -0.2) is 35.0 Å². The number of amides is 1. The highest BCUT2D eigenvalue weighted by atomic mass is 16.4. The third-order valence-corrected chi connectivity index (χ3v) is 2.78. The summed E-state index contributed by atoms with van der Waals surface area (Å²) in [5.41, 5.74) is 0.00757. The van der Waals surface area contributed by atoms with Crippen LogP contribution in [0.5, 0.6) is 0 Å². The van der Waals surface area contributed by atoms with Crippen molar-refractivity contribution in [2.24, 2.45) is 5.41 Å². The molecule has 0 bridgehead atoms. The van der Waals surface area contributed by atoms with Gasteiger partial charge >= 0.3 is 5.97 Å². The van der Waals surface area contributed by atoms with Gasteiger partial charge in [0.05, 0.1) is 6.42 Å². The summed E-state index contributed by atoms with van der Waals surface area (Å²) in [4.78, 5) is 23.5. The SMILES string of the molecule is CC(N(C)C(=O)CCC(=O)O)C(C)(C)C. The van der Waals surface area contributed by atoms with Gasteiger partial charge in [0.15, 0.2) is 0 Å². The first-order valence-electron chi connectivity index (χ1n) is 5.13. The quantitative estimate of drug-likeness (QED) is 0.777. The van der Waals surface area contributed by atoms with E-state index >= 15 is 0 Å². The van der Waals surface area contributed by atoms with Gasteiger partial charge in [0.1, 0.15) is 0 Å². The molecule has 0 fully saturated rings. The molecule has 4 heteroatoms. The predicted octanol–water partition coefficient (Wildman–Crippen LogP) is 1.74. The predicted molar refractivity (Wildman–Crippen MR) is 58.6 cm³/mol. The van der Waals surface area contributed by atoms with E-state index in [0.29, 0.717) is 0 Å². The van der Waals surface area contributed by atoms with E-state index in [2.05, 4.69) is 20.8 Å².